The minimum Gasteiger partial charge on any atom is -0.304 e. The smallest absolute Gasteiger partial charge is 0.224 e. The Hall–Kier alpha value is -0.970. The molecular formula is C11H19N3OS. The molecule has 0 saturated carbocycles. The zero-order chi connectivity index (χ0) is 12.3. The molecule has 1 amide bonds. The van der Waals surface area contributed by atoms with E-state index in [4.69, 9.17) is 0 Å². The predicted octanol–water partition coefficient (Wildman–Crippen LogP) is 2.40. The van der Waals surface area contributed by atoms with Gasteiger partial charge in [-0.05, 0) is 6.92 Å². The summed E-state index contributed by atoms with van der Waals surface area (Å²) in [4.78, 5) is 17.4. The number of aromatic nitrogens is 2. The van der Waals surface area contributed by atoms with Crippen molar-refractivity contribution in [3.63, 3.8) is 0 Å². The molecule has 0 atom stereocenters. The second-order valence-electron chi connectivity index (χ2n) is 3.42. The summed E-state index contributed by atoms with van der Waals surface area (Å²) in [6.07, 6.45) is 0. The Morgan fingerprint density at radius 1 is 1.50 bits per heavy atom. The van der Waals surface area contributed by atoms with Gasteiger partial charge in [0.2, 0.25) is 5.91 Å². The van der Waals surface area contributed by atoms with Gasteiger partial charge in [0.1, 0.15) is 11.6 Å². The van der Waals surface area contributed by atoms with E-state index in [0.29, 0.717) is 0 Å². The van der Waals surface area contributed by atoms with Crippen molar-refractivity contribution in [2.75, 3.05) is 11.9 Å². The van der Waals surface area contributed by atoms with Crippen LogP contribution in [0, 0.1) is 6.92 Å². The fourth-order valence-electron chi connectivity index (χ4n) is 1.67. The molecule has 1 aliphatic rings. The summed E-state index contributed by atoms with van der Waals surface area (Å²) < 4.78 is 2.11. The molecular weight excluding hydrogens is 222 g/mol. The third-order valence-corrected chi connectivity index (χ3v) is 3.33. The summed E-state index contributed by atoms with van der Waals surface area (Å²) in [7, 11) is 1.79. The minimum atomic E-state index is 0.0488. The number of carbonyl (C=O) groups is 1. The Bertz CT molecular complexity index is 387. The number of rotatable bonds is 1. The summed E-state index contributed by atoms with van der Waals surface area (Å²) >= 11 is 1.82. The Morgan fingerprint density at radius 2 is 2.12 bits per heavy atom. The van der Waals surface area contributed by atoms with Crippen molar-refractivity contribution in [2.45, 2.75) is 39.3 Å². The van der Waals surface area contributed by atoms with E-state index in [1.54, 1.807) is 18.9 Å². The van der Waals surface area contributed by atoms with Crippen LogP contribution in [0.2, 0.25) is 0 Å². The van der Waals surface area contributed by atoms with Crippen molar-refractivity contribution in [3.8, 4) is 0 Å². The van der Waals surface area contributed by atoms with Crippen LogP contribution in [0.4, 0.5) is 5.82 Å². The molecule has 0 unspecified atom stereocenters. The average molecular weight is 241 g/mol. The number of nitrogens with zero attached hydrogens (tertiary/aromatic N) is 3. The lowest BCUT2D eigenvalue weighted by Gasteiger charge is -2.16. The molecule has 2 rings (SSSR count). The molecule has 1 aliphatic heterocycles. The highest BCUT2D eigenvalue weighted by atomic mass is 32.2. The van der Waals surface area contributed by atoms with E-state index in [0.717, 1.165) is 29.0 Å². The van der Waals surface area contributed by atoms with Gasteiger partial charge >= 0.3 is 0 Å². The first-order chi connectivity index (χ1) is 7.61. The molecule has 0 radical (unpaired) electrons. The van der Waals surface area contributed by atoms with Crippen LogP contribution in [-0.2, 0) is 16.4 Å². The van der Waals surface area contributed by atoms with Crippen molar-refractivity contribution in [3.05, 3.63) is 11.5 Å². The molecule has 0 spiro atoms. The molecule has 4 nitrogen and oxygen atoms in total. The number of aryl methyl sites for hydroxylation is 1. The van der Waals surface area contributed by atoms with E-state index in [1.165, 1.54) is 0 Å². The number of imidazole rings is 1. The normalized spacial score (nSPS) is 12.8. The Balaban J connectivity index is 0.000000606. The van der Waals surface area contributed by atoms with Gasteiger partial charge in [-0.15, -0.1) is 11.8 Å². The van der Waals surface area contributed by atoms with Crippen molar-refractivity contribution >= 4 is 23.5 Å². The van der Waals surface area contributed by atoms with Crippen molar-refractivity contribution in [2.24, 2.45) is 0 Å². The van der Waals surface area contributed by atoms with E-state index in [1.807, 2.05) is 32.5 Å². The minimum absolute atomic E-state index is 0.0488. The quantitative estimate of drug-likeness (QED) is 0.758. The lowest BCUT2D eigenvalue weighted by Crippen LogP contribution is -2.25. The van der Waals surface area contributed by atoms with Crippen LogP contribution in [0.3, 0.4) is 0 Å². The van der Waals surface area contributed by atoms with E-state index >= 15 is 0 Å². The zero-order valence-electron chi connectivity index (χ0n) is 10.6. The summed E-state index contributed by atoms with van der Waals surface area (Å²) in [5, 5.41) is 0. The van der Waals surface area contributed by atoms with E-state index in [-0.39, 0.29) is 5.91 Å². The van der Waals surface area contributed by atoms with Crippen LogP contribution in [0.1, 0.15) is 32.3 Å². The highest BCUT2D eigenvalue weighted by molar-refractivity contribution is 7.97. The van der Waals surface area contributed by atoms with E-state index in [9.17, 15) is 4.79 Å². The summed E-state index contributed by atoms with van der Waals surface area (Å²) in [5.41, 5.74) is 0.943. The second kappa shape index (κ2) is 5.39. The maximum Gasteiger partial charge on any atom is 0.224 e. The van der Waals surface area contributed by atoms with Crippen LogP contribution in [0.25, 0.3) is 0 Å². The van der Waals surface area contributed by atoms with Gasteiger partial charge in [-0.3, -0.25) is 4.79 Å². The van der Waals surface area contributed by atoms with Crippen LogP contribution in [0.15, 0.2) is 0 Å². The van der Waals surface area contributed by atoms with Crippen LogP contribution in [-0.4, -0.2) is 22.5 Å². The maximum absolute atomic E-state index is 11.3. The average Bonchev–Trinajstić information content (AvgIpc) is 2.79. The zero-order valence-corrected chi connectivity index (χ0v) is 11.4. The molecule has 16 heavy (non-hydrogen) atoms. The van der Waals surface area contributed by atoms with Gasteiger partial charge in [0.05, 0.1) is 17.3 Å². The topological polar surface area (TPSA) is 38.1 Å². The molecule has 0 bridgehead atoms. The van der Waals surface area contributed by atoms with E-state index in [2.05, 4.69) is 9.55 Å². The SMILES string of the molecule is CC.CC(=O)N(C)c1c(C)nc2n1CSC2. The predicted molar refractivity (Wildman–Crippen MR) is 68.7 cm³/mol. The van der Waals surface area contributed by atoms with Gasteiger partial charge < -0.3 is 9.47 Å². The molecule has 0 aliphatic carbocycles. The highest BCUT2D eigenvalue weighted by Crippen LogP contribution is 2.31. The summed E-state index contributed by atoms with van der Waals surface area (Å²) in [6, 6.07) is 0. The third kappa shape index (κ3) is 2.24. The first-order valence-corrected chi connectivity index (χ1v) is 6.64. The summed E-state index contributed by atoms with van der Waals surface area (Å²) in [6.45, 7) is 7.52. The van der Waals surface area contributed by atoms with Crippen LogP contribution < -0.4 is 4.90 Å². The van der Waals surface area contributed by atoms with Crippen LogP contribution >= 0.6 is 11.8 Å². The molecule has 0 N–H and O–H groups in total. The Kier molecular flexibility index (Phi) is 4.41. The molecule has 0 aromatic carbocycles. The van der Waals surface area contributed by atoms with Crippen molar-refractivity contribution in [1.29, 1.82) is 0 Å². The number of hydrogen-bond acceptors (Lipinski definition) is 3. The molecule has 1 aromatic heterocycles. The molecule has 90 valence electrons. The van der Waals surface area contributed by atoms with Crippen LogP contribution in [0.5, 0.6) is 0 Å². The van der Waals surface area contributed by atoms with Crippen molar-refractivity contribution in [1.82, 2.24) is 9.55 Å². The van der Waals surface area contributed by atoms with Gasteiger partial charge in [-0.25, -0.2) is 4.98 Å². The number of fused-ring (bicyclic) bond motifs is 1. The number of carbonyl (C=O) groups excluding carboxylic acids is 1. The number of thioether (sulfide) groups is 1. The van der Waals surface area contributed by atoms with E-state index < -0.39 is 0 Å². The van der Waals surface area contributed by atoms with Gasteiger partial charge in [0, 0.05) is 14.0 Å². The third-order valence-electron chi connectivity index (χ3n) is 2.43. The maximum atomic E-state index is 11.3. The molecule has 2 heterocycles. The fourth-order valence-corrected chi connectivity index (χ4v) is 2.62. The Labute approximate surface area is 101 Å². The second-order valence-corrected chi connectivity index (χ2v) is 4.38. The van der Waals surface area contributed by atoms with Gasteiger partial charge in [-0.1, -0.05) is 13.8 Å². The van der Waals surface area contributed by atoms with Gasteiger partial charge in [0.25, 0.3) is 0 Å². The standard InChI is InChI=1S/C9H13N3OS.C2H6/c1-6-9(11(3)7(2)13)12-5-14-4-8(12)10-6;1-2/h4-5H2,1-3H3;1-2H3. The largest absolute Gasteiger partial charge is 0.304 e. The number of anilines is 1. The molecule has 0 saturated heterocycles. The summed E-state index contributed by atoms with van der Waals surface area (Å²) in [5.74, 6) is 3.93. The lowest BCUT2D eigenvalue weighted by molar-refractivity contribution is -0.116. The van der Waals surface area contributed by atoms with Crippen molar-refractivity contribution < 1.29 is 4.79 Å². The first-order valence-electron chi connectivity index (χ1n) is 5.49. The molecule has 5 heteroatoms. The first kappa shape index (κ1) is 13.1. The van der Waals surface area contributed by atoms with Gasteiger partial charge in [-0.2, -0.15) is 0 Å². The monoisotopic (exact) mass is 241 g/mol. The number of amides is 1. The lowest BCUT2D eigenvalue weighted by atomic mass is 10.4. The highest BCUT2D eigenvalue weighted by Gasteiger charge is 2.22. The van der Waals surface area contributed by atoms with Gasteiger partial charge in [0.15, 0.2) is 0 Å². The fraction of sp³-hybridized carbons (Fsp3) is 0.636. The number of hydrogen-bond donors (Lipinski definition) is 0. The molecule has 0 fully saturated rings. The Morgan fingerprint density at radius 3 is 2.69 bits per heavy atom. The molecule has 1 aromatic rings.